The molecule has 2 aromatic rings. The van der Waals surface area contributed by atoms with Crippen LogP contribution in [-0.4, -0.2) is 9.64 Å². The van der Waals surface area contributed by atoms with Gasteiger partial charge in [0.05, 0.1) is 27.6 Å². The van der Waals surface area contributed by atoms with Gasteiger partial charge in [-0.15, -0.1) is 0 Å². The third-order valence-electron chi connectivity index (χ3n) is 3.89. The molecule has 112 valence electrons. The molecule has 3 rings (SSSR count). The van der Waals surface area contributed by atoms with E-state index in [2.05, 4.69) is 67.2 Å². The molecule has 0 amide bonds. The molecule has 1 aliphatic heterocycles. The van der Waals surface area contributed by atoms with Crippen LogP contribution in [0.5, 0.6) is 0 Å². The van der Waals surface area contributed by atoms with Gasteiger partial charge in [-0.1, -0.05) is 60.7 Å². The number of benzene rings is 2. The molecular formula is C18H16Br2N2. The summed E-state index contributed by atoms with van der Waals surface area (Å²) in [5.74, 6) is 0. The molecule has 1 heterocycles. The van der Waals surface area contributed by atoms with Crippen LogP contribution in [0.25, 0.3) is 0 Å². The number of hydrogen-bond acceptors (Lipinski definition) is 2. The first kappa shape index (κ1) is 15.5. The molecular weight excluding hydrogens is 404 g/mol. The summed E-state index contributed by atoms with van der Waals surface area (Å²) in [6.07, 6.45) is 0. The van der Waals surface area contributed by atoms with E-state index in [1.165, 1.54) is 0 Å². The molecule has 0 saturated heterocycles. The number of aliphatic imine (C=N–C) groups is 1. The van der Waals surface area contributed by atoms with Crippen molar-refractivity contribution in [3.05, 3.63) is 83.2 Å². The summed E-state index contributed by atoms with van der Waals surface area (Å²) >= 11 is 7.69. The van der Waals surface area contributed by atoms with Crippen LogP contribution in [0.1, 0.15) is 25.0 Å². The second-order valence-corrected chi connectivity index (χ2v) is 7.12. The van der Waals surface area contributed by atoms with Gasteiger partial charge < -0.3 is 0 Å². The van der Waals surface area contributed by atoms with Crippen LogP contribution in [0.4, 0.5) is 0 Å². The van der Waals surface area contributed by atoms with Crippen LogP contribution < -0.4 is 0 Å². The summed E-state index contributed by atoms with van der Waals surface area (Å²) in [5.41, 5.74) is 5.28. The van der Waals surface area contributed by atoms with Crippen molar-refractivity contribution in [1.82, 2.24) is 3.93 Å². The number of alkyl halides is 1. The second-order valence-electron chi connectivity index (χ2n) is 5.27. The average Bonchev–Trinajstić information content (AvgIpc) is 2.58. The Balaban J connectivity index is 2.25. The van der Waals surface area contributed by atoms with Gasteiger partial charge in [0.2, 0.25) is 0 Å². The fraction of sp³-hybridized carbons (Fsp3) is 0.167. The van der Waals surface area contributed by atoms with Gasteiger partial charge in [0.1, 0.15) is 0 Å². The quantitative estimate of drug-likeness (QED) is 0.351. The van der Waals surface area contributed by atoms with Crippen molar-refractivity contribution in [2.75, 3.05) is 0 Å². The monoisotopic (exact) mass is 418 g/mol. The van der Waals surface area contributed by atoms with Crippen molar-refractivity contribution >= 4 is 37.8 Å². The first-order chi connectivity index (χ1) is 10.5. The largest absolute Gasteiger partial charge is 0.285 e. The van der Waals surface area contributed by atoms with E-state index < -0.39 is 4.45 Å². The van der Waals surface area contributed by atoms with Crippen LogP contribution in [0.3, 0.4) is 0 Å². The van der Waals surface area contributed by atoms with E-state index >= 15 is 0 Å². The number of halogens is 2. The molecule has 2 aromatic carbocycles. The summed E-state index contributed by atoms with van der Waals surface area (Å²) < 4.78 is 1.53. The highest BCUT2D eigenvalue weighted by Crippen LogP contribution is 2.46. The summed E-state index contributed by atoms with van der Waals surface area (Å²) in [4.78, 5) is 4.89. The van der Waals surface area contributed by atoms with Gasteiger partial charge in [0.15, 0.2) is 4.45 Å². The summed E-state index contributed by atoms with van der Waals surface area (Å²) in [6.45, 7) is 4.10. The van der Waals surface area contributed by atoms with Crippen LogP contribution in [0.15, 0.2) is 77.1 Å². The Labute approximate surface area is 148 Å². The second kappa shape index (κ2) is 6.01. The normalized spacial score (nSPS) is 21.8. The molecule has 0 N–H and O–H groups in total. The molecule has 0 saturated carbocycles. The highest BCUT2D eigenvalue weighted by Gasteiger charge is 2.44. The molecule has 22 heavy (non-hydrogen) atoms. The Kier molecular flexibility index (Phi) is 4.24. The van der Waals surface area contributed by atoms with Crippen molar-refractivity contribution in [2.45, 2.75) is 18.3 Å². The summed E-state index contributed by atoms with van der Waals surface area (Å²) in [5, 5.41) is 0. The zero-order valence-electron chi connectivity index (χ0n) is 12.4. The maximum atomic E-state index is 4.89. The molecule has 0 aromatic heterocycles. The predicted octanol–water partition coefficient (Wildman–Crippen LogP) is 5.60. The Morgan fingerprint density at radius 1 is 0.909 bits per heavy atom. The van der Waals surface area contributed by atoms with Gasteiger partial charge in [-0.25, -0.2) is 0 Å². The lowest BCUT2D eigenvalue weighted by molar-refractivity contribution is 0.491. The highest BCUT2D eigenvalue weighted by molar-refractivity contribution is 9.11. The number of allylic oxidation sites excluding steroid dienone is 2. The van der Waals surface area contributed by atoms with E-state index in [9.17, 15) is 0 Å². The zero-order valence-corrected chi connectivity index (χ0v) is 15.6. The molecule has 0 aliphatic carbocycles. The maximum Gasteiger partial charge on any atom is 0.174 e. The topological polar surface area (TPSA) is 15.6 Å². The minimum Gasteiger partial charge on any atom is -0.285 e. The van der Waals surface area contributed by atoms with E-state index in [0.29, 0.717) is 0 Å². The van der Waals surface area contributed by atoms with Crippen LogP contribution >= 0.6 is 32.1 Å². The van der Waals surface area contributed by atoms with E-state index in [-0.39, 0.29) is 0 Å². The number of nitrogens with zero attached hydrogens (tertiary/aromatic N) is 2. The molecule has 0 bridgehead atoms. The molecule has 0 fully saturated rings. The standard InChI is InChI=1S/C18H16Br2N2/c1-13-14(2)22(20)18(19,16-11-7-4-8-12-16)17(21-13)15-9-5-3-6-10-15/h3-12H,1-2H3. The highest BCUT2D eigenvalue weighted by atomic mass is 79.9. The molecule has 4 heteroatoms. The minimum absolute atomic E-state index is 0.542. The van der Waals surface area contributed by atoms with E-state index in [1.807, 2.05) is 43.3 Å². The Bertz CT molecular complexity index is 738. The Morgan fingerprint density at radius 2 is 1.45 bits per heavy atom. The third-order valence-corrected chi connectivity index (χ3v) is 6.61. The van der Waals surface area contributed by atoms with E-state index in [0.717, 1.165) is 28.2 Å². The SMILES string of the molecule is CC1=C(C)N(Br)C(Br)(c2ccccc2)C(c2ccccc2)=N1. The van der Waals surface area contributed by atoms with Crippen molar-refractivity contribution in [1.29, 1.82) is 0 Å². The predicted molar refractivity (Wildman–Crippen MR) is 99.2 cm³/mol. The van der Waals surface area contributed by atoms with Crippen LogP contribution in [0.2, 0.25) is 0 Å². The lowest BCUT2D eigenvalue weighted by Crippen LogP contribution is -2.44. The average molecular weight is 420 g/mol. The molecule has 1 atom stereocenters. The lowest BCUT2D eigenvalue weighted by atomic mass is 9.94. The zero-order chi connectivity index (χ0) is 15.7. The minimum atomic E-state index is -0.542. The third kappa shape index (κ3) is 2.44. The van der Waals surface area contributed by atoms with Gasteiger partial charge in [-0.2, -0.15) is 0 Å². The van der Waals surface area contributed by atoms with Gasteiger partial charge in [-0.05, 0) is 40.9 Å². The first-order valence-electron chi connectivity index (χ1n) is 7.07. The molecule has 2 nitrogen and oxygen atoms in total. The maximum absolute atomic E-state index is 4.89. The van der Waals surface area contributed by atoms with Crippen molar-refractivity contribution in [3.8, 4) is 0 Å². The van der Waals surface area contributed by atoms with Crippen LogP contribution in [0, 0.1) is 0 Å². The Hall–Kier alpha value is -1.39. The molecule has 1 unspecified atom stereocenters. The fourth-order valence-electron chi connectivity index (χ4n) is 2.55. The first-order valence-corrected chi connectivity index (χ1v) is 8.58. The molecule has 1 aliphatic rings. The van der Waals surface area contributed by atoms with Crippen molar-refractivity contribution in [3.63, 3.8) is 0 Å². The summed E-state index contributed by atoms with van der Waals surface area (Å²) in [7, 11) is 0. The molecule has 0 spiro atoms. The van der Waals surface area contributed by atoms with Crippen LogP contribution in [-0.2, 0) is 4.45 Å². The van der Waals surface area contributed by atoms with Gasteiger partial charge in [0.25, 0.3) is 0 Å². The smallest absolute Gasteiger partial charge is 0.174 e. The Morgan fingerprint density at radius 3 is 2.05 bits per heavy atom. The van der Waals surface area contributed by atoms with E-state index in [4.69, 9.17) is 4.99 Å². The van der Waals surface area contributed by atoms with Crippen molar-refractivity contribution in [2.24, 2.45) is 4.99 Å². The van der Waals surface area contributed by atoms with E-state index in [1.54, 1.807) is 0 Å². The summed E-state index contributed by atoms with van der Waals surface area (Å²) in [6, 6.07) is 20.6. The van der Waals surface area contributed by atoms with Gasteiger partial charge >= 0.3 is 0 Å². The van der Waals surface area contributed by atoms with Gasteiger partial charge in [0, 0.05) is 5.70 Å². The number of rotatable bonds is 2. The fourth-order valence-corrected chi connectivity index (χ4v) is 4.03. The van der Waals surface area contributed by atoms with Gasteiger partial charge in [-0.3, -0.25) is 8.92 Å². The lowest BCUT2D eigenvalue weighted by Gasteiger charge is -2.41. The number of hydrogen-bond donors (Lipinski definition) is 0. The van der Waals surface area contributed by atoms with Crippen molar-refractivity contribution < 1.29 is 0 Å². The molecule has 0 radical (unpaired) electrons.